The molecule has 0 unspecified atom stereocenters. The predicted molar refractivity (Wildman–Crippen MR) is 154 cm³/mol. The maximum atomic E-state index is 13.3. The number of aromatic nitrogens is 2. The van der Waals surface area contributed by atoms with Crippen LogP contribution in [-0.4, -0.2) is 63.6 Å². The van der Waals surface area contributed by atoms with Crippen molar-refractivity contribution in [3.8, 4) is 0 Å². The second-order valence-electron chi connectivity index (χ2n) is 9.47. The van der Waals surface area contributed by atoms with Crippen LogP contribution in [0.2, 0.25) is 0 Å². The second-order valence-corrected chi connectivity index (χ2v) is 9.47. The number of rotatable bonds is 13. The molecule has 0 bridgehead atoms. The molecular weight excluding hydrogens is 584 g/mol. The van der Waals surface area contributed by atoms with Crippen molar-refractivity contribution in [2.75, 3.05) is 20.2 Å². The normalized spacial score (nSPS) is 14.3. The number of imide groups is 1. The third-order valence-electron chi connectivity index (χ3n) is 6.52. The summed E-state index contributed by atoms with van der Waals surface area (Å²) in [6, 6.07) is 6.32. The number of urea groups is 1. The Balaban J connectivity index is 0.00000420. The molecule has 1 aliphatic heterocycles. The molecule has 228 valence electrons. The Morgan fingerprint density at radius 1 is 0.976 bits per heavy atom. The minimum Gasteiger partial charge on any atom is -0.465 e. The van der Waals surface area contributed by atoms with Crippen molar-refractivity contribution < 1.29 is 32.3 Å². The van der Waals surface area contributed by atoms with Crippen LogP contribution in [0.25, 0.3) is 6.08 Å². The van der Waals surface area contributed by atoms with Gasteiger partial charge in [-0.25, -0.2) is 14.6 Å². The largest absolute Gasteiger partial charge is 0.465 e. The predicted octanol–water partition coefficient (Wildman–Crippen LogP) is 6.65. The molecule has 0 aliphatic carbocycles. The van der Waals surface area contributed by atoms with Crippen molar-refractivity contribution in [1.29, 1.82) is 0 Å². The highest BCUT2D eigenvalue weighted by atomic mass is 35.5. The molecular formula is C28H37Cl2F3N4O4. The number of hydrogen-bond acceptors (Lipinski definition) is 5. The number of esters is 1. The molecule has 2 aromatic rings. The van der Waals surface area contributed by atoms with E-state index >= 15 is 0 Å². The highest BCUT2D eigenvalue weighted by Gasteiger charge is 2.41. The molecule has 3 rings (SSSR count). The second kappa shape index (κ2) is 16.4. The van der Waals surface area contributed by atoms with Crippen molar-refractivity contribution in [2.24, 2.45) is 0 Å². The number of carbonyl (C=O) groups excluding carboxylic acids is 3. The van der Waals surface area contributed by atoms with E-state index in [2.05, 4.69) is 11.9 Å². The Morgan fingerprint density at radius 2 is 1.61 bits per heavy atom. The van der Waals surface area contributed by atoms with Gasteiger partial charge in [0.2, 0.25) is 0 Å². The van der Waals surface area contributed by atoms with Gasteiger partial charge in [-0.15, -0.1) is 24.8 Å². The van der Waals surface area contributed by atoms with Crippen molar-refractivity contribution in [2.45, 2.75) is 71.5 Å². The minimum absolute atomic E-state index is 0. The third-order valence-corrected chi connectivity index (χ3v) is 6.52. The molecule has 3 amide bonds. The molecule has 1 aliphatic rings. The quantitative estimate of drug-likeness (QED) is 0.142. The summed E-state index contributed by atoms with van der Waals surface area (Å²) in [5.41, 5.74) is 1.89. The van der Waals surface area contributed by atoms with Crippen molar-refractivity contribution >= 4 is 48.8 Å². The zero-order valence-electron chi connectivity index (χ0n) is 23.4. The van der Waals surface area contributed by atoms with Gasteiger partial charge in [-0.2, -0.15) is 13.2 Å². The van der Waals surface area contributed by atoms with E-state index in [0.717, 1.165) is 40.5 Å². The standard InChI is InChI=1S/C28H35F3N4O4.2ClH/c1-4-6-9-24-32-18-22(35(24)19-20-10-12-21(13-11-20)26(37)39-3)17-23-25(36)34(15-7-5-2)27(38)33(23)16-8-14-28(29,30)31;;/h10-13,17-18H,4-9,14-16,19H2,1-3H3;2*1H/b23-17-;;. The van der Waals surface area contributed by atoms with E-state index in [1.165, 1.54) is 7.11 Å². The maximum Gasteiger partial charge on any atom is 0.389 e. The number of imidazole rings is 1. The molecule has 41 heavy (non-hydrogen) atoms. The molecule has 1 aromatic carbocycles. The molecule has 0 N–H and O–H groups in total. The SMILES string of the molecule is CCCCc1ncc(/C=C2/C(=O)N(CCCC)C(=O)N2CCCC(F)(F)F)n1Cc1ccc(C(=O)OC)cc1.Cl.Cl. The van der Waals surface area contributed by atoms with E-state index in [-0.39, 0.29) is 50.0 Å². The number of amides is 3. The third kappa shape index (κ3) is 9.49. The van der Waals surface area contributed by atoms with Gasteiger partial charge >= 0.3 is 18.2 Å². The zero-order chi connectivity index (χ0) is 28.6. The number of aryl methyl sites for hydroxylation is 1. The summed E-state index contributed by atoms with van der Waals surface area (Å²) >= 11 is 0. The first-order chi connectivity index (χ1) is 18.6. The molecule has 1 aromatic heterocycles. The summed E-state index contributed by atoms with van der Waals surface area (Å²) in [6.45, 7) is 4.36. The number of hydrogen-bond donors (Lipinski definition) is 0. The molecule has 1 fully saturated rings. The van der Waals surface area contributed by atoms with Crippen molar-refractivity contribution in [3.63, 3.8) is 0 Å². The summed E-state index contributed by atoms with van der Waals surface area (Å²) < 4.78 is 45.1. The number of halogens is 5. The van der Waals surface area contributed by atoms with Gasteiger partial charge in [-0.05, 0) is 43.0 Å². The lowest BCUT2D eigenvalue weighted by Crippen LogP contribution is -2.34. The molecule has 2 heterocycles. The Hall–Kier alpha value is -3.05. The van der Waals surface area contributed by atoms with E-state index in [0.29, 0.717) is 30.6 Å². The van der Waals surface area contributed by atoms with Gasteiger partial charge in [0.1, 0.15) is 11.5 Å². The van der Waals surface area contributed by atoms with Crippen molar-refractivity contribution in [3.05, 3.63) is 58.8 Å². The van der Waals surface area contributed by atoms with Crippen LogP contribution in [0.15, 0.2) is 36.2 Å². The lowest BCUT2D eigenvalue weighted by Gasteiger charge is -2.18. The van der Waals surface area contributed by atoms with Gasteiger partial charge in [0.15, 0.2) is 0 Å². The monoisotopic (exact) mass is 620 g/mol. The summed E-state index contributed by atoms with van der Waals surface area (Å²) in [5, 5.41) is 0. The number of unbranched alkanes of at least 4 members (excludes halogenated alkanes) is 2. The fourth-order valence-electron chi connectivity index (χ4n) is 4.34. The molecule has 0 saturated carbocycles. The van der Waals surface area contributed by atoms with Gasteiger partial charge in [0.05, 0.1) is 24.6 Å². The number of methoxy groups -OCH3 is 1. The van der Waals surface area contributed by atoms with Crippen LogP contribution < -0.4 is 0 Å². The smallest absolute Gasteiger partial charge is 0.389 e. The Morgan fingerprint density at radius 3 is 2.20 bits per heavy atom. The fourth-order valence-corrected chi connectivity index (χ4v) is 4.34. The van der Waals surface area contributed by atoms with E-state index in [9.17, 15) is 27.6 Å². The zero-order valence-corrected chi connectivity index (χ0v) is 25.0. The number of alkyl halides is 3. The highest BCUT2D eigenvalue weighted by molar-refractivity contribution is 6.13. The first kappa shape index (κ1) is 36.0. The van der Waals surface area contributed by atoms with Crippen molar-refractivity contribution in [1.82, 2.24) is 19.4 Å². The van der Waals surface area contributed by atoms with Gasteiger partial charge in [-0.3, -0.25) is 14.6 Å². The fraction of sp³-hybridized carbons (Fsp3) is 0.500. The lowest BCUT2D eigenvalue weighted by molar-refractivity contribution is -0.135. The molecule has 8 nitrogen and oxygen atoms in total. The molecule has 0 radical (unpaired) electrons. The number of carbonyl (C=O) groups is 3. The van der Waals surface area contributed by atoms with Crippen LogP contribution in [0.4, 0.5) is 18.0 Å². The average molecular weight is 622 g/mol. The van der Waals surface area contributed by atoms with Crippen LogP contribution >= 0.6 is 24.8 Å². The highest BCUT2D eigenvalue weighted by Crippen LogP contribution is 2.28. The van der Waals surface area contributed by atoms with E-state index < -0.39 is 30.5 Å². The summed E-state index contributed by atoms with van der Waals surface area (Å²) in [7, 11) is 1.31. The average Bonchev–Trinajstić information content (AvgIpc) is 3.38. The first-order valence-corrected chi connectivity index (χ1v) is 13.2. The Labute approximate surface area is 250 Å². The van der Waals surface area contributed by atoms with E-state index in [4.69, 9.17) is 4.74 Å². The van der Waals surface area contributed by atoms with Crippen LogP contribution in [0, 0.1) is 0 Å². The summed E-state index contributed by atoms with van der Waals surface area (Å²) in [4.78, 5) is 44.9. The first-order valence-electron chi connectivity index (χ1n) is 13.2. The number of ether oxygens (including phenoxy) is 1. The number of benzene rings is 1. The Kier molecular flexibility index (Phi) is 14.4. The topological polar surface area (TPSA) is 84.7 Å². The lowest BCUT2D eigenvalue weighted by atomic mass is 10.1. The van der Waals surface area contributed by atoms with Gasteiger partial charge < -0.3 is 9.30 Å². The molecule has 1 saturated heterocycles. The van der Waals surface area contributed by atoms with E-state index in [1.807, 2.05) is 11.5 Å². The molecule has 0 atom stereocenters. The summed E-state index contributed by atoms with van der Waals surface area (Å²) in [6.07, 6.45) is 1.33. The van der Waals surface area contributed by atoms with Gasteiger partial charge in [-0.1, -0.05) is 38.8 Å². The van der Waals surface area contributed by atoms with Gasteiger partial charge in [0.25, 0.3) is 5.91 Å². The van der Waals surface area contributed by atoms with Crippen LogP contribution in [0.1, 0.15) is 79.8 Å². The van der Waals surface area contributed by atoms with Crippen LogP contribution in [0.3, 0.4) is 0 Å². The van der Waals surface area contributed by atoms with Crippen LogP contribution in [-0.2, 0) is 22.5 Å². The van der Waals surface area contributed by atoms with Gasteiger partial charge in [0, 0.05) is 32.5 Å². The molecule has 0 spiro atoms. The maximum absolute atomic E-state index is 13.3. The molecule has 13 heteroatoms. The minimum atomic E-state index is -4.35. The Bertz CT molecular complexity index is 1200. The summed E-state index contributed by atoms with van der Waals surface area (Å²) in [5.74, 6) is -0.185. The van der Waals surface area contributed by atoms with Crippen LogP contribution in [0.5, 0.6) is 0 Å². The number of nitrogens with zero attached hydrogens (tertiary/aromatic N) is 4. The van der Waals surface area contributed by atoms with E-state index in [1.54, 1.807) is 36.5 Å².